The van der Waals surface area contributed by atoms with Gasteiger partial charge in [0.05, 0.1) is 19.3 Å². The predicted octanol–water partition coefficient (Wildman–Crippen LogP) is 2.28. The molecular formula is C16H21N3O2. The fourth-order valence-electron chi connectivity index (χ4n) is 1.94. The van der Waals surface area contributed by atoms with Gasteiger partial charge in [0.2, 0.25) is 11.8 Å². The van der Waals surface area contributed by atoms with Crippen LogP contribution in [-0.2, 0) is 6.42 Å². The first kappa shape index (κ1) is 15.3. The van der Waals surface area contributed by atoms with E-state index < -0.39 is 0 Å². The number of nitrogens with zero attached hydrogens (tertiary/aromatic N) is 2. The summed E-state index contributed by atoms with van der Waals surface area (Å²) >= 11 is 0. The average Bonchev–Trinajstić information content (AvgIpc) is 2.53. The van der Waals surface area contributed by atoms with Crippen LogP contribution in [0, 0.1) is 0 Å². The molecule has 0 spiro atoms. The highest BCUT2D eigenvalue weighted by Gasteiger charge is 2.10. The lowest BCUT2D eigenvalue weighted by Gasteiger charge is -2.16. The fourth-order valence-corrected chi connectivity index (χ4v) is 1.94. The highest BCUT2D eigenvalue weighted by Crippen LogP contribution is 2.11. The predicted molar refractivity (Wildman–Crippen MR) is 82.5 cm³/mol. The highest BCUT2D eigenvalue weighted by atomic mass is 16.5. The van der Waals surface area contributed by atoms with Crippen molar-refractivity contribution < 1.29 is 9.84 Å². The first-order valence-corrected chi connectivity index (χ1v) is 7.19. The van der Waals surface area contributed by atoms with Crippen molar-refractivity contribution in [3.8, 4) is 5.88 Å². The van der Waals surface area contributed by atoms with E-state index in [9.17, 15) is 5.11 Å². The van der Waals surface area contributed by atoms with Gasteiger partial charge in [-0.3, -0.25) is 0 Å². The molecule has 0 amide bonds. The summed E-state index contributed by atoms with van der Waals surface area (Å²) in [4.78, 5) is 8.45. The van der Waals surface area contributed by atoms with E-state index in [1.54, 1.807) is 12.3 Å². The van der Waals surface area contributed by atoms with Gasteiger partial charge in [0.25, 0.3) is 0 Å². The zero-order valence-electron chi connectivity index (χ0n) is 12.2. The van der Waals surface area contributed by atoms with E-state index in [1.165, 1.54) is 0 Å². The summed E-state index contributed by atoms with van der Waals surface area (Å²) in [5.74, 6) is 1.02. The molecule has 0 radical (unpaired) electrons. The second-order valence-electron chi connectivity index (χ2n) is 4.78. The minimum absolute atomic E-state index is 0.0122. The SMILES string of the molecule is CCCOc1ccnc(NC(CO)Cc2ccccc2)n1. The molecule has 0 saturated carbocycles. The summed E-state index contributed by atoms with van der Waals surface area (Å²) in [7, 11) is 0. The van der Waals surface area contributed by atoms with Crippen LogP contribution in [0.1, 0.15) is 18.9 Å². The number of anilines is 1. The maximum Gasteiger partial charge on any atom is 0.226 e. The van der Waals surface area contributed by atoms with E-state index in [1.807, 2.05) is 37.3 Å². The summed E-state index contributed by atoms with van der Waals surface area (Å²) in [5.41, 5.74) is 1.16. The maximum absolute atomic E-state index is 9.51. The Morgan fingerprint density at radius 1 is 1.24 bits per heavy atom. The van der Waals surface area contributed by atoms with Gasteiger partial charge < -0.3 is 15.2 Å². The van der Waals surface area contributed by atoms with E-state index in [0.717, 1.165) is 12.0 Å². The van der Waals surface area contributed by atoms with Gasteiger partial charge in [-0.2, -0.15) is 4.98 Å². The highest BCUT2D eigenvalue weighted by molar-refractivity contribution is 5.30. The van der Waals surface area contributed by atoms with Crippen LogP contribution in [0.3, 0.4) is 0 Å². The van der Waals surface area contributed by atoms with Crippen LogP contribution < -0.4 is 10.1 Å². The second-order valence-corrected chi connectivity index (χ2v) is 4.78. The molecule has 2 rings (SSSR count). The Kier molecular flexibility index (Phi) is 5.97. The second kappa shape index (κ2) is 8.21. The molecule has 2 N–H and O–H groups in total. The summed E-state index contributed by atoms with van der Waals surface area (Å²) in [5, 5.41) is 12.7. The topological polar surface area (TPSA) is 67.3 Å². The Labute approximate surface area is 125 Å². The number of rotatable bonds is 8. The van der Waals surface area contributed by atoms with Crippen LogP contribution in [0.25, 0.3) is 0 Å². The molecule has 5 nitrogen and oxygen atoms in total. The molecule has 0 saturated heterocycles. The van der Waals surface area contributed by atoms with Crippen molar-refractivity contribution in [3.63, 3.8) is 0 Å². The van der Waals surface area contributed by atoms with Crippen molar-refractivity contribution >= 4 is 5.95 Å². The standard InChI is InChI=1S/C16H21N3O2/c1-2-10-21-15-8-9-17-16(19-15)18-14(12-20)11-13-6-4-3-5-7-13/h3-9,14,20H,2,10-12H2,1H3,(H,17,18,19). The molecule has 5 heteroatoms. The Bertz CT molecular complexity index is 534. The number of benzene rings is 1. The van der Waals surface area contributed by atoms with Crippen molar-refractivity contribution in [2.45, 2.75) is 25.8 Å². The normalized spacial score (nSPS) is 11.9. The van der Waals surface area contributed by atoms with Gasteiger partial charge in [-0.1, -0.05) is 37.3 Å². The molecule has 0 aliphatic heterocycles. The van der Waals surface area contributed by atoms with Crippen LogP contribution in [0.15, 0.2) is 42.6 Å². The molecule has 21 heavy (non-hydrogen) atoms. The van der Waals surface area contributed by atoms with Gasteiger partial charge in [0.15, 0.2) is 0 Å². The molecule has 1 aromatic carbocycles. The third-order valence-electron chi connectivity index (χ3n) is 2.96. The molecule has 0 fully saturated rings. The van der Waals surface area contributed by atoms with Gasteiger partial charge in [-0.15, -0.1) is 0 Å². The number of ether oxygens (including phenoxy) is 1. The monoisotopic (exact) mass is 287 g/mol. The molecule has 1 atom stereocenters. The van der Waals surface area contributed by atoms with Crippen LogP contribution >= 0.6 is 0 Å². The quantitative estimate of drug-likeness (QED) is 0.779. The molecule has 0 bridgehead atoms. The molecule has 0 aliphatic rings. The third kappa shape index (κ3) is 5.04. The van der Waals surface area contributed by atoms with E-state index >= 15 is 0 Å². The Balaban J connectivity index is 1.98. The van der Waals surface area contributed by atoms with E-state index in [-0.39, 0.29) is 12.6 Å². The summed E-state index contributed by atoms with van der Waals surface area (Å²) in [6, 6.07) is 11.6. The van der Waals surface area contributed by atoms with Gasteiger partial charge in [-0.25, -0.2) is 4.98 Å². The third-order valence-corrected chi connectivity index (χ3v) is 2.96. The lowest BCUT2D eigenvalue weighted by atomic mass is 10.1. The molecule has 1 aromatic heterocycles. The zero-order valence-corrected chi connectivity index (χ0v) is 12.2. The lowest BCUT2D eigenvalue weighted by molar-refractivity contribution is 0.272. The number of hydrogen-bond acceptors (Lipinski definition) is 5. The number of nitrogens with one attached hydrogen (secondary N) is 1. The minimum atomic E-state index is -0.131. The van der Waals surface area contributed by atoms with E-state index in [2.05, 4.69) is 15.3 Å². The number of hydrogen-bond donors (Lipinski definition) is 2. The largest absolute Gasteiger partial charge is 0.478 e. The average molecular weight is 287 g/mol. The van der Waals surface area contributed by atoms with Crippen molar-refractivity contribution in [1.82, 2.24) is 9.97 Å². The summed E-state index contributed by atoms with van der Waals surface area (Å²) in [6.07, 6.45) is 3.29. The van der Waals surface area contributed by atoms with Gasteiger partial charge in [-0.05, 0) is 18.4 Å². The number of aliphatic hydroxyl groups is 1. The lowest BCUT2D eigenvalue weighted by Crippen LogP contribution is -2.27. The first-order valence-electron chi connectivity index (χ1n) is 7.19. The molecule has 1 heterocycles. The van der Waals surface area contributed by atoms with Gasteiger partial charge >= 0.3 is 0 Å². The van der Waals surface area contributed by atoms with E-state index in [0.29, 0.717) is 24.9 Å². The molecule has 0 aliphatic carbocycles. The van der Waals surface area contributed by atoms with Crippen LogP contribution in [-0.4, -0.2) is 34.3 Å². The smallest absolute Gasteiger partial charge is 0.226 e. The Morgan fingerprint density at radius 3 is 2.76 bits per heavy atom. The Morgan fingerprint density at radius 2 is 2.05 bits per heavy atom. The Hall–Kier alpha value is -2.14. The fraction of sp³-hybridized carbons (Fsp3) is 0.375. The summed E-state index contributed by atoms with van der Waals surface area (Å²) in [6.45, 7) is 2.68. The van der Waals surface area contributed by atoms with Crippen LogP contribution in [0.4, 0.5) is 5.95 Å². The molecule has 1 unspecified atom stereocenters. The molecule has 2 aromatic rings. The zero-order chi connectivity index (χ0) is 14.9. The van der Waals surface area contributed by atoms with Crippen molar-refractivity contribution in [2.24, 2.45) is 0 Å². The van der Waals surface area contributed by atoms with Crippen LogP contribution in [0.2, 0.25) is 0 Å². The molecular weight excluding hydrogens is 266 g/mol. The van der Waals surface area contributed by atoms with Crippen molar-refractivity contribution in [3.05, 3.63) is 48.2 Å². The molecule has 112 valence electrons. The maximum atomic E-state index is 9.51. The van der Waals surface area contributed by atoms with E-state index in [4.69, 9.17) is 4.74 Å². The van der Waals surface area contributed by atoms with Crippen molar-refractivity contribution in [2.75, 3.05) is 18.5 Å². The summed E-state index contributed by atoms with van der Waals surface area (Å²) < 4.78 is 5.48. The van der Waals surface area contributed by atoms with Crippen molar-refractivity contribution in [1.29, 1.82) is 0 Å². The van der Waals surface area contributed by atoms with Gasteiger partial charge in [0.1, 0.15) is 0 Å². The number of aromatic nitrogens is 2. The van der Waals surface area contributed by atoms with Crippen LogP contribution in [0.5, 0.6) is 5.88 Å². The first-order chi connectivity index (χ1) is 10.3. The van der Waals surface area contributed by atoms with Gasteiger partial charge in [0, 0.05) is 12.3 Å². The number of aliphatic hydroxyl groups excluding tert-OH is 1. The minimum Gasteiger partial charge on any atom is -0.478 e.